The zero-order valence-corrected chi connectivity index (χ0v) is 8.37. The minimum Gasteiger partial charge on any atom is -0.317 e. The molecule has 3 atom stereocenters. The van der Waals surface area contributed by atoms with Gasteiger partial charge in [0.1, 0.15) is 0 Å². The van der Waals surface area contributed by atoms with E-state index in [9.17, 15) is 0 Å². The van der Waals surface area contributed by atoms with Crippen molar-refractivity contribution in [2.75, 3.05) is 13.6 Å². The van der Waals surface area contributed by atoms with Crippen molar-refractivity contribution >= 4 is 0 Å². The highest BCUT2D eigenvalue weighted by Crippen LogP contribution is 2.35. The van der Waals surface area contributed by atoms with Crippen molar-refractivity contribution in [3.8, 4) is 0 Å². The lowest BCUT2D eigenvalue weighted by Crippen LogP contribution is -2.50. The van der Waals surface area contributed by atoms with Gasteiger partial charge in [-0.05, 0) is 32.7 Å². The fourth-order valence-electron chi connectivity index (χ4n) is 3.01. The molecule has 2 bridgehead atoms. The third-order valence-electron chi connectivity index (χ3n) is 3.79. The van der Waals surface area contributed by atoms with Crippen LogP contribution in [0.1, 0.15) is 32.1 Å². The first kappa shape index (κ1) is 9.02. The standard InChI is InChI=1S/C11H18N2/c1-12-8-9-6-10-4-3-5-11(7-9)13(10)2/h9-11H,3-8H2,2H3/t9?,10-,11+. The summed E-state index contributed by atoms with van der Waals surface area (Å²) in [7, 11) is 2.27. The van der Waals surface area contributed by atoms with Gasteiger partial charge in [-0.2, -0.15) is 0 Å². The molecule has 0 saturated carbocycles. The Morgan fingerprint density at radius 3 is 2.46 bits per heavy atom. The molecular formula is C11H18N2. The van der Waals surface area contributed by atoms with Crippen molar-refractivity contribution in [1.82, 2.24) is 4.90 Å². The Hall–Kier alpha value is -0.550. The van der Waals surface area contributed by atoms with E-state index in [4.69, 9.17) is 6.57 Å². The van der Waals surface area contributed by atoms with Crippen LogP contribution in [0.3, 0.4) is 0 Å². The Morgan fingerprint density at radius 2 is 1.92 bits per heavy atom. The van der Waals surface area contributed by atoms with Crippen LogP contribution in [-0.4, -0.2) is 30.6 Å². The number of fused-ring (bicyclic) bond motifs is 2. The highest BCUT2D eigenvalue weighted by Gasteiger charge is 2.36. The van der Waals surface area contributed by atoms with Gasteiger partial charge in [-0.25, -0.2) is 6.57 Å². The van der Waals surface area contributed by atoms with Crippen LogP contribution in [0, 0.1) is 12.5 Å². The van der Waals surface area contributed by atoms with Crippen LogP contribution in [-0.2, 0) is 0 Å². The van der Waals surface area contributed by atoms with E-state index in [1.165, 1.54) is 32.1 Å². The molecule has 0 aromatic heterocycles. The Kier molecular flexibility index (Phi) is 2.55. The average Bonchev–Trinajstić information content (AvgIpc) is 2.07. The lowest BCUT2D eigenvalue weighted by Gasteiger charge is -2.46. The summed E-state index contributed by atoms with van der Waals surface area (Å²) in [4.78, 5) is 6.10. The first-order valence-corrected chi connectivity index (χ1v) is 5.36. The van der Waals surface area contributed by atoms with Gasteiger partial charge in [-0.15, -0.1) is 0 Å². The second-order valence-electron chi connectivity index (χ2n) is 4.58. The topological polar surface area (TPSA) is 7.60 Å². The van der Waals surface area contributed by atoms with E-state index in [1.807, 2.05) is 0 Å². The van der Waals surface area contributed by atoms with Gasteiger partial charge < -0.3 is 9.74 Å². The number of hydrogen-bond donors (Lipinski definition) is 0. The van der Waals surface area contributed by atoms with Crippen molar-refractivity contribution in [3.05, 3.63) is 11.4 Å². The molecule has 1 unspecified atom stereocenters. The van der Waals surface area contributed by atoms with Crippen molar-refractivity contribution < 1.29 is 0 Å². The maximum atomic E-state index is 6.91. The van der Waals surface area contributed by atoms with Crippen LogP contribution in [0.5, 0.6) is 0 Å². The van der Waals surface area contributed by atoms with Crippen LogP contribution in [0.15, 0.2) is 0 Å². The molecule has 2 aliphatic rings. The molecule has 0 aliphatic carbocycles. The monoisotopic (exact) mass is 178 g/mol. The fourth-order valence-corrected chi connectivity index (χ4v) is 3.01. The molecule has 0 amide bonds. The summed E-state index contributed by atoms with van der Waals surface area (Å²) in [5, 5.41) is 0. The first-order valence-electron chi connectivity index (χ1n) is 5.36. The summed E-state index contributed by atoms with van der Waals surface area (Å²) < 4.78 is 0. The van der Waals surface area contributed by atoms with Gasteiger partial charge in [0, 0.05) is 18.0 Å². The molecule has 2 saturated heterocycles. The van der Waals surface area contributed by atoms with Crippen LogP contribution in [0.4, 0.5) is 0 Å². The van der Waals surface area contributed by atoms with Crippen LogP contribution in [0.25, 0.3) is 4.85 Å². The van der Waals surface area contributed by atoms with Crippen molar-refractivity contribution in [2.45, 2.75) is 44.2 Å². The van der Waals surface area contributed by atoms with Crippen LogP contribution < -0.4 is 0 Å². The predicted molar refractivity (Wildman–Crippen MR) is 53.4 cm³/mol. The molecule has 0 N–H and O–H groups in total. The van der Waals surface area contributed by atoms with E-state index in [-0.39, 0.29) is 0 Å². The van der Waals surface area contributed by atoms with Crippen molar-refractivity contribution in [3.63, 3.8) is 0 Å². The maximum Gasteiger partial charge on any atom is 0.217 e. The maximum absolute atomic E-state index is 6.91. The SMILES string of the molecule is [C-]#[N+]CC1C[C@H]2CCC[C@@H](C1)N2C. The van der Waals surface area contributed by atoms with Gasteiger partial charge in [0.15, 0.2) is 0 Å². The second kappa shape index (κ2) is 3.67. The summed E-state index contributed by atoms with van der Waals surface area (Å²) in [5.41, 5.74) is 0. The predicted octanol–water partition coefficient (Wildman–Crippen LogP) is 2.17. The normalized spacial score (nSPS) is 39.8. The average molecular weight is 178 g/mol. The van der Waals surface area contributed by atoms with Gasteiger partial charge in [-0.1, -0.05) is 6.42 Å². The van der Waals surface area contributed by atoms with E-state index in [0.29, 0.717) is 5.92 Å². The molecular weight excluding hydrogens is 160 g/mol. The third-order valence-corrected chi connectivity index (χ3v) is 3.79. The molecule has 2 aliphatic heterocycles. The molecule has 0 aromatic carbocycles. The Labute approximate surface area is 80.7 Å². The molecule has 2 fully saturated rings. The quantitative estimate of drug-likeness (QED) is 0.558. The Bertz CT molecular complexity index is 205. The molecule has 2 nitrogen and oxygen atoms in total. The molecule has 72 valence electrons. The molecule has 2 heterocycles. The van der Waals surface area contributed by atoms with Gasteiger partial charge in [-0.3, -0.25) is 0 Å². The zero-order chi connectivity index (χ0) is 9.26. The summed E-state index contributed by atoms with van der Waals surface area (Å²) in [5.74, 6) is 0.698. The lowest BCUT2D eigenvalue weighted by atomic mass is 9.79. The highest BCUT2D eigenvalue weighted by atomic mass is 15.2. The van der Waals surface area contributed by atoms with Gasteiger partial charge in [0.25, 0.3) is 0 Å². The van der Waals surface area contributed by atoms with Gasteiger partial charge >= 0.3 is 0 Å². The highest BCUT2D eigenvalue weighted by molar-refractivity contribution is 4.92. The van der Waals surface area contributed by atoms with Crippen LogP contribution >= 0.6 is 0 Å². The summed E-state index contributed by atoms with van der Waals surface area (Å²) in [6.45, 7) is 7.67. The van der Waals surface area contributed by atoms with E-state index >= 15 is 0 Å². The summed E-state index contributed by atoms with van der Waals surface area (Å²) in [6.07, 6.45) is 6.68. The van der Waals surface area contributed by atoms with E-state index in [1.54, 1.807) is 0 Å². The summed E-state index contributed by atoms with van der Waals surface area (Å²) in [6, 6.07) is 1.58. The van der Waals surface area contributed by atoms with E-state index in [2.05, 4.69) is 16.8 Å². The molecule has 13 heavy (non-hydrogen) atoms. The summed E-state index contributed by atoms with van der Waals surface area (Å²) >= 11 is 0. The number of rotatable bonds is 1. The first-order chi connectivity index (χ1) is 6.31. The second-order valence-corrected chi connectivity index (χ2v) is 4.58. The fraction of sp³-hybridized carbons (Fsp3) is 0.909. The number of nitrogens with zero attached hydrogens (tertiary/aromatic N) is 2. The van der Waals surface area contributed by atoms with Crippen molar-refractivity contribution in [1.29, 1.82) is 0 Å². The van der Waals surface area contributed by atoms with E-state index in [0.717, 1.165) is 18.6 Å². The molecule has 2 heteroatoms. The van der Waals surface area contributed by atoms with Gasteiger partial charge in [0.05, 0.1) is 0 Å². The smallest absolute Gasteiger partial charge is 0.217 e. The largest absolute Gasteiger partial charge is 0.317 e. The minimum absolute atomic E-state index is 0.698. The lowest BCUT2D eigenvalue weighted by molar-refractivity contribution is 0.0408. The number of piperidine rings is 2. The molecule has 0 aromatic rings. The molecule has 2 rings (SSSR count). The van der Waals surface area contributed by atoms with Crippen molar-refractivity contribution in [2.24, 2.45) is 5.92 Å². The van der Waals surface area contributed by atoms with E-state index < -0.39 is 0 Å². The van der Waals surface area contributed by atoms with Crippen LogP contribution in [0.2, 0.25) is 0 Å². The molecule has 0 spiro atoms. The zero-order valence-electron chi connectivity index (χ0n) is 8.37. The third kappa shape index (κ3) is 1.71. The number of hydrogen-bond acceptors (Lipinski definition) is 1. The Balaban J connectivity index is 2.00. The molecule has 0 radical (unpaired) electrons. The minimum atomic E-state index is 0.698. The Morgan fingerprint density at radius 1 is 1.31 bits per heavy atom. The van der Waals surface area contributed by atoms with Gasteiger partial charge in [0.2, 0.25) is 6.54 Å².